The Morgan fingerprint density at radius 1 is 0.921 bits per heavy atom. The van der Waals surface area contributed by atoms with Crippen LogP contribution in [0.4, 0.5) is 10.1 Å². The van der Waals surface area contributed by atoms with E-state index in [0.29, 0.717) is 19.4 Å². The van der Waals surface area contributed by atoms with Gasteiger partial charge in [-0.1, -0.05) is 24.3 Å². The zero-order valence-electron chi connectivity index (χ0n) is 22.0. The van der Waals surface area contributed by atoms with Gasteiger partial charge in [-0.3, -0.25) is 9.59 Å². The van der Waals surface area contributed by atoms with Crippen LogP contribution in [-0.4, -0.2) is 73.3 Å². The average molecular weight is 524 g/mol. The Bertz CT molecular complexity index is 1060. The molecule has 0 bridgehead atoms. The van der Waals surface area contributed by atoms with Gasteiger partial charge in [0.05, 0.1) is 19.6 Å². The summed E-state index contributed by atoms with van der Waals surface area (Å²) in [5.74, 6) is -0.0475. The quantitative estimate of drug-likeness (QED) is 0.495. The van der Waals surface area contributed by atoms with Gasteiger partial charge in [-0.25, -0.2) is 4.39 Å². The standard InChI is InChI=1S/C30H38FN3O4/c31-25-8-4-24(5-9-25)22-34(27-12-16-32(17-13-27)18-14-30-37-19-2-20-38-30)29(36)21-23-6-10-26(11-7-23)33-15-1-3-28(33)35/h4-11,27,30H,1-3,12-22H2. The number of carbonyl (C=O) groups excluding carboxylic acids is 2. The van der Waals surface area contributed by atoms with Gasteiger partial charge in [-0.15, -0.1) is 0 Å². The Hall–Kier alpha value is -2.81. The van der Waals surface area contributed by atoms with Crippen molar-refractivity contribution in [1.82, 2.24) is 9.80 Å². The SMILES string of the molecule is O=C1CCCN1c1ccc(CC(=O)N(Cc2ccc(F)cc2)C2CCN(CCC3OCCCO3)CC2)cc1. The number of rotatable bonds is 9. The van der Waals surface area contributed by atoms with Crippen molar-refractivity contribution in [2.24, 2.45) is 0 Å². The normalized spacial score (nSPS) is 19.7. The number of hydrogen-bond donors (Lipinski definition) is 0. The maximum absolute atomic E-state index is 13.6. The van der Waals surface area contributed by atoms with Crippen molar-refractivity contribution in [1.29, 1.82) is 0 Å². The molecule has 38 heavy (non-hydrogen) atoms. The summed E-state index contributed by atoms with van der Waals surface area (Å²) in [5.41, 5.74) is 2.75. The number of nitrogens with zero attached hydrogens (tertiary/aromatic N) is 3. The number of carbonyl (C=O) groups is 2. The van der Waals surface area contributed by atoms with Crippen molar-refractivity contribution in [3.05, 3.63) is 65.5 Å². The van der Waals surface area contributed by atoms with Gasteiger partial charge in [0.1, 0.15) is 5.82 Å². The van der Waals surface area contributed by atoms with Crippen LogP contribution in [0, 0.1) is 5.82 Å². The Balaban J connectivity index is 1.21. The van der Waals surface area contributed by atoms with E-state index in [4.69, 9.17) is 9.47 Å². The first-order valence-corrected chi connectivity index (χ1v) is 13.9. The molecule has 5 rings (SSSR count). The number of likely N-dealkylation sites (tertiary alicyclic amines) is 1. The topological polar surface area (TPSA) is 62.3 Å². The summed E-state index contributed by atoms with van der Waals surface area (Å²) in [6.45, 7) is 5.52. The molecule has 0 spiro atoms. The minimum absolute atomic E-state index is 0.0711. The lowest BCUT2D eigenvalue weighted by atomic mass is 10.0. The summed E-state index contributed by atoms with van der Waals surface area (Å²) in [5, 5.41) is 0. The summed E-state index contributed by atoms with van der Waals surface area (Å²) in [6, 6.07) is 14.3. The molecule has 0 unspecified atom stereocenters. The molecule has 3 saturated heterocycles. The van der Waals surface area contributed by atoms with Crippen molar-refractivity contribution in [3.8, 4) is 0 Å². The lowest BCUT2D eigenvalue weighted by Crippen LogP contribution is -2.48. The highest BCUT2D eigenvalue weighted by atomic mass is 19.1. The summed E-state index contributed by atoms with van der Waals surface area (Å²) in [4.78, 5) is 31.9. The monoisotopic (exact) mass is 523 g/mol. The highest BCUT2D eigenvalue weighted by Crippen LogP contribution is 2.24. The molecule has 2 amide bonds. The number of halogens is 1. The molecule has 204 valence electrons. The van der Waals surface area contributed by atoms with Gasteiger partial charge in [0.15, 0.2) is 6.29 Å². The molecular formula is C30H38FN3O4. The van der Waals surface area contributed by atoms with Crippen molar-refractivity contribution in [3.63, 3.8) is 0 Å². The van der Waals surface area contributed by atoms with Gasteiger partial charge >= 0.3 is 0 Å². The van der Waals surface area contributed by atoms with Crippen LogP contribution in [0.1, 0.15) is 49.7 Å². The third-order valence-corrected chi connectivity index (χ3v) is 7.84. The third kappa shape index (κ3) is 6.98. The Morgan fingerprint density at radius 3 is 2.26 bits per heavy atom. The molecular weight excluding hydrogens is 485 g/mol. The number of anilines is 1. The second-order valence-corrected chi connectivity index (χ2v) is 10.5. The molecule has 0 saturated carbocycles. The van der Waals surface area contributed by atoms with E-state index in [0.717, 1.165) is 88.3 Å². The van der Waals surface area contributed by atoms with Crippen LogP contribution >= 0.6 is 0 Å². The van der Waals surface area contributed by atoms with Crippen LogP contribution in [-0.2, 0) is 32.0 Å². The number of ether oxygens (including phenoxy) is 2. The molecule has 0 aromatic heterocycles. The van der Waals surface area contributed by atoms with Crippen LogP contribution in [0.3, 0.4) is 0 Å². The molecule has 0 atom stereocenters. The van der Waals surface area contributed by atoms with Gasteiger partial charge in [-0.05, 0) is 61.1 Å². The van der Waals surface area contributed by atoms with Gasteiger partial charge in [-0.2, -0.15) is 0 Å². The zero-order chi connectivity index (χ0) is 26.3. The van der Waals surface area contributed by atoms with Crippen molar-refractivity contribution in [2.75, 3.05) is 44.3 Å². The molecule has 7 nitrogen and oxygen atoms in total. The molecule has 3 fully saturated rings. The summed E-state index contributed by atoms with van der Waals surface area (Å²) >= 11 is 0. The minimum atomic E-state index is -0.276. The maximum atomic E-state index is 13.6. The molecule has 2 aromatic carbocycles. The Kier molecular flexibility index (Phi) is 9.04. The fourth-order valence-electron chi connectivity index (χ4n) is 5.64. The average Bonchev–Trinajstić information content (AvgIpc) is 3.38. The van der Waals surface area contributed by atoms with Crippen LogP contribution in [0.5, 0.6) is 0 Å². The maximum Gasteiger partial charge on any atom is 0.227 e. The molecule has 3 aliphatic rings. The minimum Gasteiger partial charge on any atom is -0.353 e. The molecule has 0 aliphatic carbocycles. The Morgan fingerprint density at radius 2 is 1.61 bits per heavy atom. The highest BCUT2D eigenvalue weighted by molar-refractivity contribution is 5.95. The van der Waals surface area contributed by atoms with Gasteiger partial charge < -0.3 is 24.2 Å². The van der Waals surface area contributed by atoms with E-state index in [1.165, 1.54) is 12.1 Å². The van der Waals surface area contributed by atoms with Crippen LogP contribution in [0.2, 0.25) is 0 Å². The number of piperidine rings is 1. The summed E-state index contributed by atoms with van der Waals surface area (Å²) in [6.07, 6.45) is 5.30. The number of benzene rings is 2. The van der Waals surface area contributed by atoms with E-state index >= 15 is 0 Å². The molecule has 3 aliphatic heterocycles. The fraction of sp³-hybridized carbons (Fsp3) is 0.533. The van der Waals surface area contributed by atoms with E-state index in [9.17, 15) is 14.0 Å². The van der Waals surface area contributed by atoms with Crippen LogP contribution in [0.15, 0.2) is 48.5 Å². The van der Waals surface area contributed by atoms with Crippen LogP contribution in [0.25, 0.3) is 0 Å². The smallest absolute Gasteiger partial charge is 0.227 e. The summed E-state index contributed by atoms with van der Waals surface area (Å²) in [7, 11) is 0. The van der Waals surface area contributed by atoms with E-state index < -0.39 is 0 Å². The molecule has 2 aromatic rings. The largest absolute Gasteiger partial charge is 0.353 e. The van der Waals surface area contributed by atoms with E-state index in [-0.39, 0.29) is 30.0 Å². The predicted molar refractivity (Wildman–Crippen MR) is 143 cm³/mol. The van der Waals surface area contributed by atoms with E-state index in [2.05, 4.69) is 4.90 Å². The fourth-order valence-corrected chi connectivity index (χ4v) is 5.64. The third-order valence-electron chi connectivity index (χ3n) is 7.84. The number of amides is 2. The first-order chi connectivity index (χ1) is 18.5. The lowest BCUT2D eigenvalue weighted by Gasteiger charge is -2.39. The van der Waals surface area contributed by atoms with Crippen molar-refractivity contribution >= 4 is 17.5 Å². The van der Waals surface area contributed by atoms with E-state index in [1.54, 1.807) is 12.1 Å². The summed E-state index contributed by atoms with van der Waals surface area (Å²) < 4.78 is 24.9. The highest BCUT2D eigenvalue weighted by Gasteiger charge is 2.29. The van der Waals surface area contributed by atoms with E-state index in [1.807, 2.05) is 34.1 Å². The van der Waals surface area contributed by atoms with Crippen molar-refractivity contribution < 1.29 is 23.5 Å². The molecule has 0 radical (unpaired) electrons. The molecule has 0 N–H and O–H groups in total. The molecule has 3 heterocycles. The first kappa shape index (κ1) is 26.8. The van der Waals surface area contributed by atoms with Crippen LogP contribution < -0.4 is 4.90 Å². The number of hydrogen-bond acceptors (Lipinski definition) is 5. The van der Waals surface area contributed by atoms with Gasteiger partial charge in [0, 0.05) is 57.3 Å². The lowest BCUT2D eigenvalue weighted by molar-refractivity contribution is -0.183. The second kappa shape index (κ2) is 12.8. The van der Waals surface area contributed by atoms with Gasteiger partial charge in [0.25, 0.3) is 0 Å². The second-order valence-electron chi connectivity index (χ2n) is 10.5. The molecule has 8 heteroatoms. The van der Waals surface area contributed by atoms with Gasteiger partial charge in [0.2, 0.25) is 11.8 Å². The van der Waals surface area contributed by atoms with Crippen molar-refractivity contribution in [2.45, 2.75) is 63.8 Å². The Labute approximate surface area is 224 Å². The predicted octanol–water partition coefficient (Wildman–Crippen LogP) is 4.14. The first-order valence-electron chi connectivity index (χ1n) is 13.9. The zero-order valence-corrected chi connectivity index (χ0v) is 22.0.